The van der Waals surface area contributed by atoms with Crippen LogP contribution < -0.4 is 5.73 Å². The number of esters is 1. The Morgan fingerprint density at radius 1 is 1.69 bits per heavy atom. The van der Waals surface area contributed by atoms with Crippen LogP contribution in [0, 0.1) is 0 Å². The molecule has 1 rings (SSSR count). The first kappa shape index (κ1) is 12.8. The largest absolute Gasteiger partial charge is 0.465 e. The van der Waals surface area contributed by atoms with Crippen molar-refractivity contribution >= 4 is 17.6 Å². The summed E-state index contributed by atoms with van der Waals surface area (Å²) in [6, 6.07) is 0. The van der Waals surface area contributed by atoms with Gasteiger partial charge in [0.1, 0.15) is 0 Å². The summed E-state index contributed by atoms with van der Waals surface area (Å²) in [5.74, 6) is -0.933. The van der Waals surface area contributed by atoms with Gasteiger partial charge in [-0.1, -0.05) is 11.6 Å². The number of carbonyl (C=O) groups excluding carboxylic acids is 1. The van der Waals surface area contributed by atoms with Gasteiger partial charge in [0.05, 0.1) is 29.0 Å². The van der Waals surface area contributed by atoms with Crippen LogP contribution in [0.3, 0.4) is 0 Å². The van der Waals surface area contributed by atoms with Gasteiger partial charge in [-0.2, -0.15) is 0 Å². The summed E-state index contributed by atoms with van der Waals surface area (Å²) >= 11 is 5.76. The molecule has 0 amide bonds. The van der Waals surface area contributed by atoms with E-state index < -0.39 is 18.0 Å². The van der Waals surface area contributed by atoms with Crippen LogP contribution in [0.2, 0.25) is 5.02 Å². The molecule has 1 heterocycles. The van der Waals surface area contributed by atoms with E-state index in [0.29, 0.717) is 0 Å². The molecule has 0 aromatic carbocycles. The number of hydrogen-bond acceptors (Lipinski definition) is 4. The van der Waals surface area contributed by atoms with E-state index in [1.54, 1.807) is 0 Å². The Morgan fingerprint density at radius 3 is 2.75 bits per heavy atom. The molecular formula is C9H9ClF2N2O2. The maximum Gasteiger partial charge on any atom is 0.339 e. The SMILES string of the molecule is COC(=O)c1c(C(F)F)cnc(CN)c1Cl. The summed E-state index contributed by atoms with van der Waals surface area (Å²) in [5.41, 5.74) is 4.53. The van der Waals surface area contributed by atoms with E-state index in [2.05, 4.69) is 9.72 Å². The van der Waals surface area contributed by atoms with Crippen molar-refractivity contribution in [1.82, 2.24) is 4.98 Å². The number of carbonyl (C=O) groups is 1. The highest BCUT2D eigenvalue weighted by molar-refractivity contribution is 6.34. The molecule has 0 aliphatic rings. The molecule has 0 bridgehead atoms. The molecule has 0 spiro atoms. The third-order valence-electron chi connectivity index (χ3n) is 1.94. The molecule has 7 heteroatoms. The lowest BCUT2D eigenvalue weighted by Crippen LogP contribution is -2.12. The zero-order valence-electron chi connectivity index (χ0n) is 8.34. The van der Waals surface area contributed by atoms with Gasteiger partial charge in [-0.3, -0.25) is 4.98 Å². The summed E-state index contributed by atoms with van der Waals surface area (Å²) in [4.78, 5) is 15.0. The number of methoxy groups -OCH3 is 1. The average Bonchev–Trinajstić information content (AvgIpc) is 2.27. The van der Waals surface area contributed by atoms with Gasteiger partial charge in [-0.25, -0.2) is 13.6 Å². The van der Waals surface area contributed by atoms with Crippen LogP contribution in [0.25, 0.3) is 0 Å². The smallest absolute Gasteiger partial charge is 0.339 e. The molecule has 88 valence electrons. The second-order valence-electron chi connectivity index (χ2n) is 2.85. The number of ether oxygens (including phenoxy) is 1. The summed E-state index contributed by atoms with van der Waals surface area (Å²) in [7, 11) is 1.08. The Hall–Kier alpha value is -1.27. The minimum Gasteiger partial charge on any atom is -0.465 e. The molecule has 1 aromatic heterocycles. The lowest BCUT2D eigenvalue weighted by atomic mass is 10.1. The number of rotatable bonds is 3. The fraction of sp³-hybridized carbons (Fsp3) is 0.333. The van der Waals surface area contributed by atoms with E-state index in [1.165, 1.54) is 0 Å². The minimum atomic E-state index is -2.86. The van der Waals surface area contributed by atoms with Crippen LogP contribution in [0.15, 0.2) is 6.20 Å². The van der Waals surface area contributed by atoms with E-state index in [4.69, 9.17) is 17.3 Å². The summed E-state index contributed by atoms with van der Waals surface area (Å²) < 4.78 is 29.6. The maximum absolute atomic E-state index is 12.6. The number of alkyl halides is 2. The van der Waals surface area contributed by atoms with Gasteiger partial charge in [0.2, 0.25) is 0 Å². The van der Waals surface area contributed by atoms with Crippen molar-refractivity contribution in [3.63, 3.8) is 0 Å². The highest BCUT2D eigenvalue weighted by atomic mass is 35.5. The molecule has 16 heavy (non-hydrogen) atoms. The number of halogens is 3. The molecule has 0 aliphatic heterocycles. The summed E-state index contributed by atoms with van der Waals surface area (Å²) in [6.45, 7) is -0.0493. The Labute approximate surface area is 95.4 Å². The molecule has 0 saturated carbocycles. The predicted molar refractivity (Wildman–Crippen MR) is 53.4 cm³/mol. The Morgan fingerprint density at radius 2 is 2.31 bits per heavy atom. The zero-order valence-corrected chi connectivity index (χ0v) is 9.09. The second-order valence-corrected chi connectivity index (χ2v) is 3.22. The third-order valence-corrected chi connectivity index (χ3v) is 2.35. The van der Waals surface area contributed by atoms with Gasteiger partial charge in [0.25, 0.3) is 6.43 Å². The fourth-order valence-electron chi connectivity index (χ4n) is 1.16. The quantitative estimate of drug-likeness (QED) is 0.833. The van der Waals surface area contributed by atoms with Crippen molar-refractivity contribution in [1.29, 1.82) is 0 Å². The topological polar surface area (TPSA) is 65.2 Å². The first-order chi connectivity index (χ1) is 7.52. The molecule has 0 fully saturated rings. The van der Waals surface area contributed by atoms with E-state index in [1.807, 2.05) is 0 Å². The van der Waals surface area contributed by atoms with Gasteiger partial charge in [-0.05, 0) is 0 Å². The Kier molecular flexibility index (Phi) is 4.14. The van der Waals surface area contributed by atoms with E-state index in [9.17, 15) is 13.6 Å². The van der Waals surface area contributed by atoms with Gasteiger partial charge < -0.3 is 10.5 Å². The Bertz CT molecular complexity index is 413. The highest BCUT2D eigenvalue weighted by Gasteiger charge is 2.24. The van der Waals surface area contributed by atoms with Gasteiger partial charge in [-0.15, -0.1) is 0 Å². The molecule has 0 aliphatic carbocycles. The van der Waals surface area contributed by atoms with Gasteiger partial charge in [0.15, 0.2) is 0 Å². The number of nitrogens with two attached hydrogens (primary N) is 1. The summed E-state index contributed by atoms with van der Waals surface area (Å²) in [5, 5.41) is -0.188. The van der Waals surface area contributed by atoms with Crippen LogP contribution in [0.5, 0.6) is 0 Å². The highest BCUT2D eigenvalue weighted by Crippen LogP contribution is 2.30. The minimum absolute atomic E-state index is 0.0493. The molecule has 0 radical (unpaired) electrons. The van der Waals surface area contributed by atoms with Crippen LogP contribution in [-0.2, 0) is 11.3 Å². The van der Waals surface area contributed by atoms with Crippen molar-refractivity contribution < 1.29 is 18.3 Å². The van der Waals surface area contributed by atoms with E-state index >= 15 is 0 Å². The normalized spacial score (nSPS) is 10.6. The average molecular weight is 251 g/mol. The van der Waals surface area contributed by atoms with Crippen molar-refractivity contribution in [3.8, 4) is 0 Å². The van der Waals surface area contributed by atoms with Crippen LogP contribution in [-0.4, -0.2) is 18.1 Å². The molecular weight excluding hydrogens is 242 g/mol. The maximum atomic E-state index is 12.6. The van der Waals surface area contributed by atoms with Crippen molar-refractivity contribution in [2.45, 2.75) is 13.0 Å². The first-order valence-corrected chi connectivity index (χ1v) is 4.64. The molecule has 0 unspecified atom stereocenters. The number of aromatic nitrogens is 1. The van der Waals surface area contributed by atoms with Crippen LogP contribution in [0.4, 0.5) is 8.78 Å². The van der Waals surface area contributed by atoms with Gasteiger partial charge >= 0.3 is 5.97 Å². The van der Waals surface area contributed by atoms with E-state index in [-0.39, 0.29) is 22.8 Å². The molecule has 2 N–H and O–H groups in total. The number of pyridine rings is 1. The lowest BCUT2D eigenvalue weighted by molar-refractivity contribution is 0.0589. The standard InChI is InChI=1S/C9H9ClF2N2O2/c1-16-9(15)6-4(8(11)12)3-14-5(2-13)7(6)10/h3,8H,2,13H2,1H3. The first-order valence-electron chi connectivity index (χ1n) is 4.26. The predicted octanol–water partition coefficient (Wildman–Crippen LogP) is 1.92. The number of hydrogen-bond donors (Lipinski definition) is 1. The summed E-state index contributed by atoms with van der Waals surface area (Å²) in [6.07, 6.45) is -1.98. The van der Waals surface area contributed by atoms with Crippen molar-refractivity contribution in [3.05, 3.63) is 28.0 Å². The molecule has 1 aromatic rings. The van der Waals surface area contributed by atoms with Crippen LogP contribution in [0.1, 0.15) is 28.0 Å². The molecule has 0 atom stereocenters. The van der Waals surface area contributed by atoms with Gasteiger partial charge in [0, 0.05) is 12.7 Å². The zero-order chi connectivity index (χ0) is 12.3. The van der Waals surface area contributed by atoms with Crippen molar-refractivity contribution in [2.24, 2.45) is 5.73 Å². The second kappa shape index (κ2) is 5.18. The number of nitrogens with zero attached hydrogens (tertiary/aromatic N) is 1. The van der Waals surface area contributed by atoms with E-state index in [0.717, 1.165) is 13.3 Å². The van der Waals surface area contributed by atoms with Crippen LogP contribution >= 0.6 is 11.6 Å². The van der Waals surface area contributed by atoms with Crippen molar-refractivity contribution in [2.75, 3.05) is 7.11 Å². The molecule has 0 saturated heterocycles. The lowest BCUT2D eigenvalue weighted by Gasteiger charge is -2.10. The third kappa shape index (κ3) is 2.28. The molecule has 4 nitrogen and oxygen atoms in total. The monoisotopic (exact) mass is 250 g/mol. The Balaban J connectivity index is 3.42. The fourth-order valence-corrected chi connectivity index (χ4v) is 1.47.